The van der Waals surface area contributed by atoms with Gasteiger partial charge in [-0.2, -0.15) is 0 Å². The lowest BCUT2D eigenvalue weighted by Crippen LogP contribution is -2.36. The summed E-state index contributed by atoms with van der Waals surface area (Å²) in [5, 5.41) is 6.10. The Morgan fingerprint density at radius 1 is 1.15 bits per heavy atom. The lowest BCUT2D eigenvalue weighted by molar-refractivity contribution is 0.0664. The van der Waals surface area contributed by atoms with E-state index in [2.05, 4.69) is 5.16 Å². The van der Waals surface area contributed by atoms with Crippen molar-refractivity contribution in [2.45, 2.75) is 31.7 Å². The van der Waals surface area contributed by atoms with Crippen molar-refractivity contribution in [2.24, 2.45) is 0 Å². The number of thiophene rings is 1. The molecule has 0 saturated carbocycles. The number of benzene rings is 1. The first-order valence-electron chi connectivity index (χ1n) is 8.90. The van der Waals surface area contributed by atoms with E-state index in [0.717, 1.165) is 36.3 Å². The van der Waals surface area contributed by atoms with Crippen LogP contribution in [0.2, 0.25) is 0 Å². The summed E-state index contributed by atoms with van der Waals surface area (Å²) in [5.74, 6) is -1.70. The summed E-state index contributed by atoms with van der Waals surface area (Å²) in [6.45, 7) is 0.429. The molecule has 1 unspecified atom stereocenters. The molecule has 0 N–H and O–H groups in total. The van der Waals surface area contributed by atoms with Crippen LogP contribution < -0.4 is 0 Å². The minimum atomic E-state index is -0.845. The van der Waals surface area contributed by atoms with Crippen LogP contribution >= 0.6 is 11.3 Å². The molecule has 0 aliphatic carbocycles. The van der Waals surface area contributed by atoms with E-state index in [0.29, 0.717) is 24.4 Å². The third-order valence-electron chi connectivity index (χ3n) is 4.82. The Bertz CT molecular complexity index is 919. The summed E-state index contributed by atoms with van der Waals surface area (Å²) in [5.41, 5.74) is 0.108. The van der Waals surface area contributed by atoms with Gasteiger partial charge in [0.1, 0.15) is 22.9 Å². The number of rotatable bonds is 3. The Morgan fingerprint density at radius 3 is 2.70 bits per heavy atom. The highest BCUT2D eigenvalue weighted by atomic mass is 32.1. The van der Waals surface area contributed by atoms with Gasteiger partial charge in [-0.15, -0.1) is 11.3 Å². The fourth-order valence-corrected chi connectivity index (χ4v) is 4.16. The van der Waals surface area contributed by atoms with Crippen LogP contribution in [0.15, 0.2) is 46.3 Å². The van der Waals surface area contributed by atoms with E-state index in [1.807, 2.05) is 23.6 Å². The highest BCUT2D eigenvalue weighted by Gasteiger charge is 2.32. The SMILES string of the molecule is O=C(c1c(F)cccc1F)N1CCCCCC1c1cc(-c2cccs2)on1. The summed E-state index contributed by atoms with van der Waals surface area (Å²) in [7, 11) is 0. The normalized spacial score (nSPS) is 17.7. The van der Waals surface area contributed by atoms with E-state index in [4.69, 9.17) is 4.52 Å². The van der Waals surface area contributed by atoms with Gasteiger partial charge in [0.25, 0.3) is 5.91 Å². The third kappa shape index (κ3) is 3.51. The molecule has 1 fully saturated rings. The maximum Gasteiger partial charge on any atom is 0.260 e. The number of hydrogen-bond donors (Lipinski definition) is 0. The number of aromatic nitrogens is 1. The first kappa shape index (κ1) is 17.9. The number of likely N-dealkylation sites (tertiary alicyclic amines) is 1. The molecular weight excluding hydrogens is 370 g/mol. The van der Waals surface area contributed by atoms with Crippen molar-refractivity contribution in [3.05, 3.63) is 64.7 Å². The van der Waals surface area contributed by atoms with Gasteiger partial charge in [-0.1, -0.05) is 30.1 Å². The van der Waals surface area contributed by atoms with E-state index >= 15 is 0 Å². The molecule has 4 rings (SSSR count). The second-order valence-corrected chi connectivity index (χ2v) is 7.50. The van der Waals surface area contributed by atoms with Crippen molar-refractivity contribution in [1.82, 2.24) is 10.1 Å². The first-order chi connectivity index (χ1) is 13.1. The Balaban J connectivity index is 1.68. The van der Waals surface area contributed by atoms with Gasteiger partial charge < -0.3 is 9.42 Å². The van der Waals surface area contributed by atoms with Crippen molar-refractivity contribution in [2.75, 3.05) is 6.54 Å². The minimum Gasteiger partial charge on any atom is -0.355 e. The van der Waals surface area contributed by atoms with Crippen molar-refractivity contribution in [1.29, 1.82) is 0 Å². The highest BCUT2D eigenvalue weighted by Crippen LogP contribution is 2.34. The number of carbonyl (C=O) groups is 1. The molecule has 4 nitrogen and oxygen atoms in total. The van der Waals surface area contributed by atoms with Crippen molar-refractivity contribution < 1.29 is 18.1 Å². The molecule has 2 aromatic heterocycles. The quantitative estimate of drug-likeness (QED) is 0.600. The van der Waals surface area contributed by atoms with Gasteiger partial charge in [0.2, 0.25) is 0 Å². The number of amides is 1. The lowest BCUT2D eigenvalue weighted by atomic mass is 10.0. The van der Waals surface area contributed by atoms with E-state index in [1.54, 1.807) is 0 Å². The standard InChI is InChI=1S/C20H18F2N2O2S/c21-13-6-4-7-14(22)19(13)20(25)24-10-3-1-2-8-16(24)15-12-17(26-23-15)18-9-5-11-27-18/h4-7,9,11-12,16H,1-3,8,10H2. The fourth-order valence-electron chi connectivity index (χ4n) is 3.49. The van der Waals surface area contributed by atoms with E-state index in [9.17, 15) is 13.6 Å². The zero-order chi connectivity index (χ0) is 18.8. The van der Waals surface area contributed by atoms with Crippen molar-refractivity contribution in [3.8, 4) is 10.6 Å². The molecule has 0 spiro atoms. The zero-order valence-electron chi connectivity index (χ0n) is 14.5. The maximum atomic E-state index is 14.2. The second kappa shape index (κ2) is 7.60. The van der Waals surface area contributed by atoms with Crippen LogP contribution in [0.1, 0.15) is 47.8 Å². The van der Waals surface area contributed by atoms with Crippen LogP contribution in [0.3, 0.4) is 0 Å². The molecular formula is C20H18F2N2O2S. The van der Waals surface area contributed by atoms with Gasteiger partial charge in [0.05, 0.1) is 10.9 Å². The average Bonchev–Trinajstić information content (AvgIpc) is 3.29. The van der Waals surface area contributed by atoms with Gasteiger partial charge in [-0.3, -0.25) is 4.79 Å². The van der Waals surface area contributed by atoms with E-state index in [1.165, 1.54) is 22.3 Å². The predicted molar refractivity (Wildman–Crippen MR) is 98.4 cm³/mol. The molecule has 1 aliphatic rings. The smallest absolute Gasteiger partial charge is 0.260 e. The van der Waals surface area contributed by atoms with Gasteiger partial charge in [-0.05, 0) is 36.4 Å². The van der Waals surface area contributed by atoms with Crippen LogP contribution in [-0.2, 0) is 0 Å². The zero-order valence-corrected chi connectivity index (χ0v) is 15.3. The van der Waals surface area contributed by atoms with Crippen molar-refractivity contribution >= 4 is 17.2 Å². The molecule has 1 amide bonds. The molecule has 1 atom stereocenters. The number of carbonyl (C=O) groups excluding carboxylic acids is 1. The van der Waals surface area contributed by atoms with E-state index in [-0.39, 0.29) is 6.04 Å². The number of halogens is 2. The van der Waals surface area contributed by atoms with E-state index < -0.39 is 23.1 Å². The Kier molecular flexibility index (Phi) is 5.03. The van der Waals surface area contributed by atoms with Crippen LogP contribution in [-0.4, -0.2) is 22.5 Å². The fraction of sp³-hybridized carbons (Fsp3) is 0.300. The lowest BCUT2D eigenvalue weighted by Gasteiger charge is -2.28. The van der Waals surface area contributed by atoms with Gasteiger partial charge >= 0.3 is 0 Å². The van der Waals surface area contributed by atoms with Gasteiger partial charge in [-0.25, -0.2) is 8.78 Å². The topological polar surface area (TPSA) is 46.3 Å². The van der Waals surface area contributed by atoms with Gasteiger partial charge in [0, 0.05) is 12.6 Å². The largest absolute Gasteiger partial charge is 0.355 e. The first-order valence-corrected chi connectivity index (χ1v) is 9.78. The summed E-state index contributed by atoms with van der Waals surface area (Å²) in [6, 6.07) is 8.77. The molecule has 3 heterocycles. The van der Waals surface area contributed by atoms with Crippen LogP contribution in [0, 0.1) is 11.6 Å². The van der Waals surface area contributed by atoms with Crippen LogP contribution in [0.4, 0.5) is 8.78 Å². The summed E-state index contributed by atoms with van der Waals surface area (Å²) in [6.07, 6.45) is 3.33. The molecule has 1 saturated heterocycles. The molecule has 0 bridgehead atoms. The van der Waals surface area contributed by atoms with Crippen molar-refractivity contribution in [3.63, 3.8) is 0 Å². The Labute approximate surface area is 159 Å². The summed E-state index contributed by atoms with van der Waals surface area (Å²) >= 11 is 1.53. The third-order valence-corrected chi connectivity index (χ3v) is 5.71. The second-order valence-electron chi connectivity index (χ2n) is 6.55. The molecule has 27 heavy (non-hydrogen) atoms. The molecule has 1 aromatic carbocycles. The molecule has 140 valence electrons. The number of hydrogen-bond acceptors (Lipinski definition) is 4. The average molecular weight is 388 g/mol. The molecule has 1 aliphatic heterocycles. The molecule has 7 heteroatoms. The summed E-state index contributed by atoms with van der Waals surface area (Å²) < 4.78 is 33.8. The molecule has 3 aromatic rings. The van der Waals surface area contributed by atoms with Crippen LogP contribution in [0.5, 0.6) is 0 Å². The van der Waals surface area contributed by atoms with Crippen LogP contribution in [0.25, 0.3) is 10.6 Å². The van der Waals surface area contributed by atoms with Gasteiger partial charge in [0.15, 0.2) is 5.76 Å². The monoisotopic (exact) mass is 388 g/mol. The predicted octanol–water partition coefficient (Wildman–Crippen LogP) is 5.44. The Morgan fingerprint density at radius 2 is 1.96 bits per heavy atom. The maximum absolute atomic E-state index is 14.2. The Hall–Kier alpha value is -2.54. The molecule has 0 radical (unpaired) electrons. The number of nitrogens with zero attached hydrogens (tertiary/aromatic N) is 2. The minimum absolute atomic E-state index is 0.364. The highest BCUT2D eigenvalue weighted by molar-refractivity contribution is 7.13. The summed E-state index contributed by atoms with van der Waals surface area (Å²) in [4.78, 5) is 15.5.